The lowest BCUT2D eigenvalue weighted by atomic mass is 10.0. The molecule has 2 aliphatic rings. The molecule has 3 rings (SSSR count). The predicted octanol–water partition coefficient (Wildman–Crippen LogP) is 3.90. The van der Waals surface area contributed by atoms with E-state index in [0.29, 0.717) is 17.1 Å². The van der Waals surface area contributed by atoms with Crippen molar-refractivity contribution in [3.8, 4) is 16.9 Å². The number of hydrogen-bond donors (Lipinski definition) is 2. The van der Waals surface area contributed by atoms with E-state index in [2.05, 4.69) is 18.6 Å². The van der Waals surface area contributed by atoms with Crippen LogP contribution in [0.1, 0.15) is 30.9 Å². The summed E-state index contributed by atoms with van der Waals surface area (Å²) >= 11 is 0. The van der Waals surface area contributed by atoms with E-state index in [0.717, 1.165) is 22.3 Å². The number of ether oxygens (including phenoxy) is 1. The van der Waals surface area contributed by atoms with Crippen LogP contribution in [0.3, 0.4) is 0 Å². The molecule has 0 heterocycles. The quantitative estimate of drug-likeness (QED) is 0.540. The second-order valence-electron chi connectivity index (χ2n) is 7.33. The van der Waals surface area contributed by atoms with Crippen LogP contribution in [0.5, 0.6) is 5.75 Å². The second-order valence-corrected chi connectivity index (χ2v) is 9.07. The minimum atomic E-state index is -3.67. The summed E-state index contributed by atoms with van der Waals surface area (Å²) in [6.45, 7) is 3.95. The van der Waals surface area contributed by atoms with Gasteiger partial charge in [0.1, 0.15) is 5.75 Å². The monoisotopic (exact) mass is 427 g/mol. The van der Waals surface area contributed by atoms with E-state index < -0.39 is 22.6 Å². The highest BCUT2D eigenvalue weighted by Gasteiger charge is 2.25. The van der Waals surface area contributed by atoms with Gasteiger partial charge in [0.25, 0.3) is 0 Å². The molecule has 0 radical (unpaired) electrons. The minimum absolute atomic E-state index is 0.209. The van der Waals surface area contributed by atoms with Crippen LogP contribution in [0, 0.1) is 0 Å². The molecule has 1 aromatic carbocycles. The summed E-state index contributed by atoms with van der Waals surface area (Å²) in [5.41, 5.74) is 3.60. The van der Waals surface area contributed by atoms with E-state index in [1.807, 2.05) is 30.3 Å². The van der Waals surface area contributed by atoms with Gasteiger partial charge in [0.15, 0.2) is 6.61 Å². The van der Waals surface area contributed by atoms with E-state index in [1.165, 1.54) is 0 Å². The zero-order chi connectivity index (χ0) is 21.7. The lowest BCUT2D eigenvalue weighted by Crippen LogP contribution is -2.26. The van der Waals surface area contributed by atoms with E-state index >= 15 is 0 Å². The first-order chi connectivity index (χ1) is 14.3. The summed E-state index contributed by atoms with van der Waals surface area (Å²) in [6.07, 6.45) is 0.502. The molecule has 30 heavy (non-hydrogen) atoms. The third-order valence-corrected chi connectivity index (χ3v) is 6.31. The molecule has 0 saturated carbocycles. The normalized spacial score (nSPS) is 11.7. The first-order valence-electron chi connectivity index (χ1n) is 9.73. The van der Waals surface area contributed by atoms with E-state index in [4.69, 9.17) is 9.84 Å². The highest BCUT2D eigenvalue weighted by Crippen LogP contribution is 2.38. The van der Waals surface area contributed by atoms with Crippen molar-refractivity contribution >= 4 is 16.0 Å². The lowest BCUT2D eigenvalue weighted by Gasteiger charge is -2.08. The predicted molar refractivity (Wildman–Crippen MR) is 116 cm³/mol. The third kappa shape index (κ3) is 5.17. The van der Waals surface area contributed by atoms with Gasteiger partial charge in [-0.3, -0.25) is 0 Å². The molecule has 2 N–H and O–H groups in total. The Morgan fingerprint density at radius 1 is 1.03 bits per heavy atom. The molecule has 2 aliphatic carbocycles. The van der Waals surface area contributed by atoms with Gasteiger partial charge in [-0.05, 0) is 47.2 Å². The van der Waals surface area contributed by atoms with Gasteiger partial charge in [-0.25, -0.2) is 17.9 Å². The number of benzene rings is 1. The molecule has 0 spiro atoms. The fourth-order valence-electron chi connectivity index (χ4n) is 3.32. The van der Waals surface area contributed by atoms with E-state index in [9.17, 15) is 13.2 Å². The summed E-state index contributed by atoms with van der Waals surface area (Å²) in [5, 5.41) is 8.64. The van der Waals surface area contributed by atoms with Crippen LogP contribution in [-0.2, 0) is 21.2 Å². The van der Waals surface area contributed by atoms with Crippen molar-refractivity contribution < 1.29 is 23.1 Å². The van der Waals surface area contributed by atoms with Gasteiger partial charge in [-0.1, -0.05) is 56.3 Å². The van der Waals surface area contributed by atoms with E-state index in [-0.39, 0.29) is 12.5 Å². The Kier molecular flexibility index (Phi) is 6.74. The summed E-state index contributed by atoms with van der Waals surface area (Å²) in [6, 6.07) is 18.1. The van der Waals surface area contributed by atoms with Crippen LogP contribution in [0.25, 0.3) is 11.1 Å². The molecule has 6 nitrogen and oxygen atoms in total. The summed E-state index contributed by atoms with van der Waals surface area (Å²) in [7, 11) is -3.67. The second kappa shape index (κ2) is 9.28. The van der Waals surface area contributed by atoms with Gasteiger partial charge in [0.05, 0.1) is 4.90 Å². The molecule has 1 aromatic rings. The molecule has 7 heteroatoms. The maximum absolute atomic E-state index is 13.0. The molecule has 0 bridgehead atoms. The molecule has 0 amide bonds. The maximum Gasteiger partial charge on any atom is 0.341 e. The van der Waals surface area contributed by atoms with Crippen LogP contribution in [0.15, 0.2) is 65.6 Å². The molecular formula is C23H25NO5S. The van der Waals surface area contributed by atoms with Crippen molar-refractivity contribution in [1.29, 1.82) is 0 Å². The molecule has 0 unspecified atom stereocenters. The van der Waals surface area contributed by atoms with Gasteiger partial charge in [-0.15, -0.1) is 0 Å². The zero-order valence-corrected chi connectivity index (χ0v) is 17.8. The first-order valence-corrected chi connectivity index (χ1v) is 11.2. The minimum Gasteiger partial charge on any atom is -0.482 e. The van der Waals surface area contributed by atoms with Crippen molar-refractivity contribution in [3.63, 3.8) is 0 Å². The summed E-state index contributed by atoms with van der Waals surface area (Å²) in [4.78, 5) is 10.8. The van der Waals surface area contributed by atoms with Crippen molar-refractivity contribution in [1.82, 2.24) is 4.72 Å². The number of hydrogen-bond acceptors (Lipinski definition) is 4. The first kappa shape index (κ1) is 21.8. The average molecular weight is 428 g/mol. The number of nitrogens with one attached hydrogen (secondary N) is 1. The number of aliphatic carboxylic acids is 1. The van der Waals surface area contributed by atoms with Crippen LogP contribution < -0.4 is 9.46 Å². The van der Waals surface area contributed by atoms with Crippen molar-refractivity contribution in [3.05, 3.63) is 71.8 Å². The summed E-state index contributed by atoms with van der Waals surface area (Å²) in [5.74, 6) is -0.373. The Labute approximate surface area is 176 Å². The fraction of sp³-hybridized carbons (Fsp3) is 0.261. The van der Waals surface area contributed by atoms with Crippen molar-refractivity contribution in [2.75, 3.05) is 13.2 Å². The Hall–Kier alpha value is -2.90. The van der Waals surface area contributed by atoms with Crippen LogP contribution in [0.4, 0.5) is 0 Å². The molecule has 0 aromatic heterocycles. The molecule has 0 atom stereocenters. The molecular weight excluding hydrogens is 402 g/mol. The molecule has 0 saturated heterocycles. The maximum atomic E-state index is 13.0. The van der Waals surface area contributed by atoms with E-state index in [1.54, 1.807) is 30.3 Å². The Balaban J connectivity index is 1.70. The van der Waals surface area contributed by atoms with Crippen molar-refractivity contribution in [2.45, 2.75) is 31.1 Å². The third-order valence-electron chi connectivity index (χ3n) is 4.80. The largest absolute Gasteiger partial charge is 0.482 e. The SMILES string of the molecule is CC(C)c1cc(S(=O)(=O)NCCc2ccc(OCC(=O)O)cc2)c2cccccc1-2. The Morgan fingerprint density at radius 3 is 2.33 bits per heavy atom. The topological polar surface area (TPSA) is 92.7 Å². The van der Waals surface area contributed by atoms with Crippen LogP contribution >= 0.6 is 0 Å². The number of rotatable bonds is 9. The molecule has 158 valence electrons. The molecule has 0 aliphatic heterocycles. The highest BCUT2D eigenvalue weighted by atomic mass is 32.2. The lowest BCUT2D eigenvalue weighted by molar-refractivity contribution is -0.139. The Morgan fingerprint density at radius 2 is 1.70 bits per heavy atom. The van der Waals surface area contributed by atoms with Gasteiger partial charge in [-0.2, -0.15) is 0 Å². The van der Waals surface area contributed by atoms with Crippen LogP contribution in [0.2, 0.25) is 0 Å². The molecule has 0 fully saturated rings. The summed E-state index contributed by atoms with van der Waals surface area (Å²) < 4.78 is 33.8. The number of sulfonamides is 1. The smallest absolute Gasteiger partial charge is 0.341 e. The highest BCUT2D eigenvalue weighted by molar-refractivity contribution is 7.89. The fourth-order valence-corrected chi connectivity index (χ4v) is 4.59. The average Bonchev–Trinajstić information content (AvgIpc) is 2.91. The van der Waals surface area contributed by atoms with Gasteiger partial charge in [0.2, 0.25) is 10.0 Å². The van der Waals surface area contributed by atoms with Crippen molar-refractivity contribution in [2.24, 2.45) is 0 Å². The zero-order valence-electron chi connectivity index (χ0n) is 17.0. The van der Waals surface area contributed by atoms with Gasteiger partial charge >= 0.3 is 5.97 Å². The Bertz CT molecular complexity index is 1090. The number of carboxylic acids is 1. The standard InChI is InChI=1S/C23H25NO5S/c1-16(2)21-14-22(20-7-5-3-4-6-19(20)21)30(27,28)24-13-12-17-8-10-18(11-9-17)29-15-23(25)26/h3-11,14,16,24H,12-13,15H2,1-2H3,(H,25,26). The number of fused-ring (bicyclic) bond motifs is 1. The van der Waals surface area contributed by atoms with Gasteiger partial charge in [0, 0.05) is 12.1 Å². The van der Waals surface area contributed by atoms with Gasteiger partial charge < -0.3 is 9.84 Å². The number of carbonyl (C=O) groups is 1. The van der Waals surface area contributed by atoms with Crippen LogP contribution in [-0.4, -0.2) is 32.6 Å². The number of carboxylic acid groups (broad SMARTS) is 1.